The molecule has 3 heterocycles. The average molecular weight is 473 g/mol. The Hall–Kier alpha value is -2.94. The van der Waals surface area contributed by atoms with Gasteiger partial charge in [-0.1, -0.05) is 29.3 Å². The van der Waals surface area contributed by atoms with Crippen molar-refractivity contribution in [1.29, 1.82) is 0 Å². The first-order chi connectivity index (χ1) is 15.6. The van der Waals surface area contributed by atoms with Crippen LogP contribution >= 0.6 is 23.2 Å². The molecule has 0 amide bonds. The average Bonchev–Trinajstić information content (AvgIpc) is 3.26. The van der Waals surface area contributed by atoms with Crippen LogP contribution < -0.4 is 25.4 Å². The lowest BCUT2D eigenvalue weighted by atomic mass is 10.1. The van der Waals surface area contributed by atoms with Gasteiger partial charge >= 0.3 is 0 Å². The van der Waals surface area contributed by atoms with Gasteiger partial charge in [0.1, 0.15) is 12.0 Å². The minimum atomic E-state index is 0.291. The normalized spacial score (nSPS) is 15.8. The second-order valence-corrected chi connectivity index (χ2v) is 8.48. The van der Waals surface area contributed by atoms with Gasteiger partial charge in [0.15, 0.2) is 23.1 Å². The van der Waals surface area contributed by atoms with Crippen LogP contribution in [0.15, 0.2) is 42.7 Å². The van der Waals surface area contributed by atoms with Crippen molar-refractivity contribution in [2.45, 2.75) is 6.54 Å². The van der Waals surface area contributed by atoms with Crippen molar-refractivity contribution in [2.24, 2.45) is 0 Å². The predicted molar refractivity (Wildman–Crippen MR) is 126 cm³/mol. The molecule has 1 aromatic heterocycles. The summed E-state index contributed by atoms with van der Waals surface area (Å²) < 4.78 is 10.9. The molecule has 32 heavy (non-hydrogen) atoms. The summed E-state index contributed by atoms with van der Waals surface area (Å²) in [6, 6.07) is 11.4. The van der Waals surface area contributed by atoms with E-state index in [4.69, 9.17) is 38.4 Å². The molecule has 0 radical (unpaired) electrons. The van der Waals surface area contributed by atoms with Crippen molar-refractivity contribution in [3.63, 3.8) is 0 Å². The Balaban J connectivity index is 1.23. The number of anilines is 4. The van der Waals surface area contributed by atoms with Crippen LogP contribution in [-0.4, -0.2) is 47.8 Å². The molecule has 2 aromatic carbocycles. The fourth-order valence-corrected chi connectivity index (χ4v) is 4.16. The fraction of sp³-hybridized carbons (Fsp3) is 0.273. The largest absolute Gasteiger partial charge is 0.454 e. The Morgan fingerprint density at radius 1 is 0.938 bits per heavy atom. The van der Waals surface area contributed by atoms with E-state index in [9.17, 15) is 0 Å². The van der Waals surface area contributed by atoms with E-state index in [0.29, 0.717) is 28.3 Å². The summed E-state index contributed by atoms with van der Waals surface area (Å²) in [6.07, 6.45) is 1.52. The van der Waals surface area contributed by atoms with E-state index in [2.05, 4.69) is 37.2 Å². The van der Waals surface area contributed by atoms with E-state index in [1.54, 1.807) is 12.1 Å². The van der Waals surface area contributed by atoms with Crippen molar-refractivity contribution in [3.8, 4) is 11.5 Å². The van der Waals surface area contributed by atoms with Crippen LogP contribution in [-0.2, 0) is 6.54 Å². The molecular weight excluding hydrogens is 451 g/mol. The molecule has 0 atom stereocenters. The summed E-state index contributed by atoms with van der Waals surface area (Å²) in [5, 5.41) is 4.16. The van der Waals surface area contributed by atoms with Crippen LogP contribution in [0.25, 0.3) is 0 Å². The molecule has 0 aliphatic carbocycles. The van der Waals surface area contributed by atoms with Crippen molar-refractivity contribution in [3.05, 3.63) is 58.3 Å². The number of piperazine rings is 1. The van der Waals surface area contributed by atoms with Crippen molar-refractivity contribution >= 4 is 46.2 Å². The number of fused-ring (bicyclic) bond motifs is 1. The van der Waals surface area contributed by atoms with Crippen molar-refractivity contribution in [1.82, 2.24) is 14.9 Å². The number of nitrogens with zero attached hydrogens (tertiary/aromatic N) is 4. The maximum Gasteiger partial charge on any atom is 0.231 e. The highest BCUT2D eigenvalue weighted by Gasteiger charge is 2.22. The first-order valence-electron chi connectivity index (χ1n) is 10.3. The third-order valence-corrected chi connectivity index (χ3v) is 6.30. The van der Waals surface area contributed by atoms with Crippen LogP contribution in [0.4, 0.5) is 23.0 Å². The van der Waals surface area contributed by atoms with Gasteiger partial charge in [0.05, 0.1) is 10.0 Å². The minimum Gasteiger partial charge on any atom is -0.454 e. The maximum atomic E-state index is 6.41. The number of benzene rings is 2. The Kier molecular flexibility index (Phi) is 5.82. The zero-order chi connectivity index (χ0) is 22.1. The maximum absolute atomic E-state index is 6.41. The number of hydrogen-bond donors (Lipinski definition) is 2. The third kappa shape index (κ3) is 4.34. The lowest BCUT2D eigenvalue weighted by molar-refractivity contribution is 0.174. The fourth-order valence-electron chi connectivity index (χ4n) is 3.86. The lowest BCUT2D eigenvalue weighted by Gasteiger charge is -2.36. The molecule has 1 fully saturated rings. The number of ether oxygens (including phenoxy) is 2. The Morgan fingerprint density at radius 2 is 1.75 bits per heavy atom. The molecule has 2 aliphatic rings. The highest BCUT2D eigenvalue weighted by Crippen LogP contribution is 2.34. The highest BCUT2D eigenvalue weighted by atomic mass is 35.5. The molecule has 5 rings (SSSR count). The number of rotatable bonds is 5. The summed E-state index contributed by atoms with van der Waals surface area (Å²) in [5.41, 5.74) is 8.88. The second-order valence-electron chi connectivity index (χ2n) is 7.66. The number of halogens is 2. The summed E-state index contributed by atoms with van der Waals surface area (Å²) in [6.45, 7) is 4.57. The molecule has 3 aromatic rings. The first kappa shape index (κ1) is 20.9. The quantitative estimate of drug-likeness (QED) is 0.571. The second kappa shape index (κ2) is 8.90. The minimum absolute atomic E-state index is 0.291. The summed E-state index contributed by atoms with van der Waals surface area (Å²) >= 11 is 12.1. The summed E-state index contributed by atoms with van der Waals surface area (Å²) in [7, 11) is 0. The highest BCUT2D eigenvalue weighted by molar-refractivity contribution is 6.42. The number of nitrogens with one attached hydrogen (secondary N) is 1. The summed E-state index contributed by atoms with van der Waals surface area (Å²) in [4.78, 5) is 13.3. The van der Waals surface area contributed by atoms with E-state index >= 15 is 0 Å². The molecule has 0 unspecified atom stereocenters. The van der Waals surface area contributed by atoms with Crippen LogP contribution in [0.1, 0.15) is 5.56 Å². The van der Waals surface area contributed by atoms with E-state index < -0.39 is 0 Å². The lowest BCUT2D eigenvalue weighted by Crippen LogP contribution is -2.46. The topological polar surface area (TPSA) is 88.8 Å². The van der Waals surface area contributed by atoms with E-state index in [1.165, 1.54) is 11.9 Å². The molecule has 3 N–H and O–H groups in total. The molecule has 2 aliphatic heterocycles. The van der Waals surface area contributed by atoms with Crippen molar-refractivity contribution < 1.29 is 9.47 Å². The Bertz CT molecular complexity index is 1140. The smallest absolute Gasteiger partial charge is 0.231 e. The standard InChI is InChI=1S/C22H22Cl2N6O2/c23-16-3-2-15(10-17(16)24)28-21-20(25)22(27-12-26-21)30-7-5-29(6-8-30)11-14-1-4-18-19(9-14)32-13-31-18/h1-4,9-10,12H,5-8,11,13,25H2,(H,26,27,28). The van der Waals surface area contributed by atoms with E-state index in [-0.39, 0.29) is 0 Å². The van der Waals surface area contributed by atoms with Crippen LogP contribution in [0.3, 0.4) is 0 Å². The van der Waals surface area contributed by atoms with Gasteiger partial charge in [-0.15, -0.1) is 0 Å². The predicted octanol–water partition coefficient (Wildman–Crippen LogP) is 4.16. The Morgan fingerprint density at radius 3 is 2.56 bits per heavy atom. The van der Waals surface area contributed by atoms with Crippen LogP contribution in [0.5, 0.6) is 11.5 Å². The van der Waals surface area contributed by atoms with Gasteiger partial charge in [0.25, 0.3) is 0 Å². The first-order valence-corrected chi connectivity index (χ1v) is 11.0. The summed E-state index contributed by atoms with van der Waals surface area (Å²) in [5.74, 6) is 2.89. The zero-order valence-corrected chi connectivity index (χ0v) is 18.7. The van der Waals surface area contributed by atoms with Crippen molar-refractivity contribution in [2.75, 3.05) is 48.9 Å². The molecule has 1 saturated heterocycles. The van der Waals surface area contributed by atoms with Gasteiger partial charge in [-0.25, -0.2) is 9.97 Å². The number of nitrogens with two attached hydrogens (primary N) is 1. The SMILES string of the molecule is Nc1c(Nc2ccc(Cl)c(Cl)c2)ncnc1N1CCN(Cc2ccc3c(c2)OCO3)CC1. The molecule has 8 nitrogen and oxygen atoms in total. The Labute approximate surface area is 195 Å². The molecule has 10 heteroatoms. The van der Waals surface area contributed by atoms with Gasteiger partial charge in [0.2, 0.25) is 6.79 Å². The van der Waals surface area contributed by atoms with Gasteiger partial charge < -0.3 is 25.4 Å². The van der Waals surface area contributed by atoms with Gasteiger partial charge in [-0.3, -0.25) is 4.90 Å². The van der Waals surface area contributed by atoms with Gasteiger partial charge in [-0.2, -0.15) is 0 Å². The zero-order valence-electron chi connectivity index (χ0n) is 17.2. The number of aromatic nitrogens is 2. The number of nitrogen functional groups attached to an aromatic ring is 1. The number of hydrogen-bond acceptors (Lipinski definition) is 8. The molecule has 0 saturated carbocycles. The van der Waals surface area contributed by atoms with Gasteiger partial charge in [0, 0.05) is 38.4 Å². The van der Waals surface area contributed by atoms with Crippen LogP contribution in [0, 0.1) is 0 Å². The van der Waals surface area contributed by atoms with E-state index in [0.717, 1.165) is 55.7 Å². The molecule has 0 spiro atoms. The van der Waals surface area contributed by atoms with E-state index in [1.807, 2.05) is 12.1 Å². The molecule has 0 bridgehead atoms. The van der Waals surface area contributed by atoms with Crippen LogP contribution in [0.2, 0.25) is 10.0 Å². The molecular formula is C22H22Cl2N6O2. The monoisotopic (exact) mass is 472 g/mol. The van der Waals surface area contributed by atoms with Gasteiger partial charge in [-0.05, 0) is 35.9 Å². The molecule has 166 valence electrons. The third-order valence-electron chi connectivity index (χ3n) is 5.56.